The average Bonchev–Trinajstić information content (AvgIpc) is 2.72. The molecule has 2 aliphatic rings. The van der Waals surface area contributed by atoms with Crippen LogP contribution >= 0.6 is 0 Å². The van der Waals surface area contributed by atoms with E-state index in [1.165, 1.54) is 19.3 Å². The summed E-state index contributed by atoms with van der Waals surface area (Å²) in [5, 5.41) is 3.13. The van der Waals surface area contributed by atoms with Crippen LogP contribution in [0.5, 0.6) is 0 Å². The zero-order valence-electron chi connectivity index (χ0n) is 9.12. The molecule has 0 aromatic heterocycles. The molecule has 80 valence electrons. The van der Waals surface area contributed by atoms with Gasteiger partial charge in [-0.3, -0.25) is 10.1 Å². The third-order valence-corrected chi connectivity index (χ3v) is 3.99. The minimum Gasteiger partial charge on any atom is -0.326 e. The third-order valence-electron chi connectivity index (χ3n) is 3.99. The SMILES string of the molecule is CCC1CCC(N2CNCC2=O)C1C. The van der Waals surface area contributed by atoms with Crippen molar-refractivity contribution in [1.82, 2.24) is 10.2 Å². The van der Waals surface area contributed by atoms with Gasteiger partial charge < -0.3 is 4.90 Å². The molecular formula is C11H20N2O. The summed E-state index contributed by atoms with van der Waals surface area (Å²) >= 11 is 0. The highest BCUT2D eigenvalue weighted by molar-refractivity contribution is 5.80. The van der Waals surface area contributed by atoms with Crippen LogP contribution in [0.2, 0.25) is 0 Å². The van der Waals surface area contributed by atoms with E-state index in [-0.39, 0.29) is 0 Å². The number of nitrogens with zero attached hydrogens (tertiary/aromatic N) is 1. The molecule has 1 heterocycles. The van der Waals surface area contributed by atoms with E-state index in [2.05, 4.69) is 19.2 Å². The minimum absolute atomic E-state index is 0.290. The maximum absolute atomic E-state index is 11.6. The quantitative estimate of drug-likeness (QED) is 0.719. The van der Waals surface area contributed by atoms with Gasteiger partial charge >= 0.3 is 0 Å². The molecule has 3 unspecified atom stereocenters. The molecule has 1 saturated heterocycles. The standard InChI is InChI=1S/C11H20N2O/c1-3-9-4-5-10(8(9)2)13-7-12-6-11(13)14/h8-10,12H,3-7H2,1-2H3. The van der Waals surface area contributed by atoms with Crippen molar-refractivity contribution in [2.24, 2.45) is 11.8 Å². The molecule has 1 amide bonds. The Morgan fingerprint density at radius 2 is 2.29 bits per heavy atom. The first-order valence-electron chi connectivity index (χ1n) is 5.74. The lowest BCUT2D eigenvalue weighted by molar-refractivity contribution is -0.129. The fourth-order valence-corrected chi connectivity index (χ4v) is 3.02. The van der Waals surface area contributed by atoms with E-state index in [1.54, 1.807) is 0 Å². The Bertz CT molecular complexity index is 229. The van der Waals surface area contributed by atoms with Crippen molar-refractivity contribution in [2.75, 3.05) is 13.2 Å². The van der Waals surface area contributed by atoms with Gasteiger partial charge in [-0.1, -0.05) is 20.3 Å². The van der Waals surface area contributed by atoms with Gasteiger partial charge in [0.25, 0.3) is 0 Å². The van der Waals surface area contributed by atoms with Crippen molar-refractivity contribution in [2.45, 2.75) is 39.2 Å². The Balaban J connectivity index is 2.02. The van der Waals surface area contributed by atoms with Gasteiger partial charge in [-0.2, -0.15) is 0 Å². The first-order valence-corrected chi connectivity index (χ1v) is 5.74. The van der Waals surface area contributed by atoms with Crippen molar-refractivity contribution in [3.8, 4) is 0 Å². The van der Waals surface area contributed by atoms with Crippen LogP contribution in [0.25, 0.3) is 0 Å². The Labute approximate surface area is 85.8 Å². The maximum atomic E-state index is 11.6. The summed E-state index contributed by atoms with van der Waals surface area (Å²) in [7, 11) is 0. The largest absolute Gasteiger partial charge is 0.326 e. The van der Waals surface area contributed by atoms with Crippen LogP contribution in [0.1, 0.15) is 33.1 Å². The first kappa shape index (κ1) is 9.97. The van der Waals surface area contributed by atoms with E-state index >= 15 is 0 Å². The molecule has 14 heavy (non-hydrogen) atoms. The van der Waals surface area contributed by atoms with E-state index in [0.29, 0.717) is 24.4 Å². The summed E-state index contributed by atoms with van der Waals surface area (Å²) in [6.45, 7) is 5.87. The van der Waals surface area contributed by atoms with Crippen molar-refractivity contribution >= 4 is 5.91 Å². The Morgan fingerprint density at radius 1 is 1.50 bits per heavy atom. The second-order valence-electron chi connectivity index (χ2n) is 4.62. The molecular weight excluding hydrogens is 176 g/mol. The molecule has 3 heteroatoms. The molecule has 2 fully saturated rings. The zero-order chi connectivity index (χ0) is 10.1. The monoisotopic (exact) mass is 196 g/mol. The number of amides is 1. The second kappa shape index (κ2) is 3.89. The van der Waals surface area contributed by atoms with E-state index in [4.69, 9.17) is 0 Å². The Morgan fingerprint density at radius 3 is 2.79 bits per heavy atom. The highest BCUT2D eigenvalue weighted by atomic mass is 16.2. The number of nitrogens with one attached hydrogen (secondary N) is 1. The number of hydrogen-bond donors (Lipinski definition) is 1. The van der Waals surface area contributed by atoms with E-state index in [0.717, 1.165) is 12.6 Å². The van der Waals surface area contributed by atoms with Gasteiger partial charge in [0.15, 0.2) is 0 Å². The Kier molecular flexibility index (Phi) is 2.77. The average molecular weight is 196 g/mol. The summed E-state index contributed by atoms with van der Waals surface area (Å²) in [5.41, 5.74) is 0. The molecule has 0 spiro atoms. The first-order chi connectivity index (χ1) is 6.74. The fraction of sp³-hybridized carbons (Fsp3) is 0.909. The van der Waals surface area contributed by atoms with E-state index < -0.39 is 0 Å². The molecule has 3 nitrogen and oxygen atoms in total. The molecule has 0 aromatic carbocycles. The number of hydrogen-bond acceptors (Lipinski definition) is 2. The molecule has 2 rings (SSSR count). The van der Waals surface area contributed by atoms with Crippen LogP contribution in [0.15, 0.2) is 0 Å². The van der Waals surface area contributed by atoms with E-state index in [1.807, 2.05) is 4.90 Å². The topological polar surface area (TPSA) is 32.3 Å². The molecule has 0 bridgehead atoms. The third kappa shape index (κ3) is 1.54. The van der Waals surface area contributed by atoms with Crippen molar-refractivity contribution in [3.63, 3.8) is 0 Å². The summed E-state index contributed by atoms with van der Waals surface area (Å²) in [6.07, 6.45) is 3.76. The summed E-state index contributed by atoms with van der Waals surface area (Å²) < 4.78 is 0. The highest BCUT2D eigenvalue weighted by Gasteiger charge is 2.38. The van der Waals surface area contributed by atoms with Gasteiger partial charge in [0.2, 0.25) is 5.91 Å². The predicted octanol–water partition coefficient (Wildman–Crippen LogP) is 1.20. The Hall–Kier alpha value is -0.570. The van der Waals surface area contributed by atoms with Crippen LogP contribution in [-0.4, -0.2) is 30.1 Å². The van der Waals surface area contributed by atoms with Crippen LogP contribution in [-0.2, 0) is 4.79 Å². The van der Waals surface area contributed by atoms with Crippen LogP contribution in [0.4, 0.5) is 0 Å². The number of carbonyl (C=O) groups is 1. The van der Waals surface area contributed by atoms with Gasteiger partial charge in [-0.05, 0) is 24.7 Å². The van der Waals surface area contributed by atoms with E-state index in [9.17, 15) is 4.79 Å². The molecule has 1 aliphatic heterocycles. The van der Waals surface area contributed by atoms with Gasteiger partial charge in [0, 0.05) is 6.04 Å². The normalized spacial score (nSPS) is 38.3. The van der Waals surface area contributed by atoms with Crippen molar-refractivity contribution in [3.05, 3.63) is 0 Å². The minimum atomic E-state index is 0.290. The van der Waals surface area contributed by atoms with Gasteiger partial charge in [0.05, 0.1) is 13.2 Å². The van der Waals surface area contributed by atoms with Crippen molar-refractivity contribution in [1.29, 1.82) is 0 Å². The molecule has 1 saturated carbocycles. The van der Waals surface area contributed by atoms with Crippen molar-refractivity contribution < 1.29 is 4.79 Å². The summed E-state index contributed by atoms with van der Waals surface area (Å²) in [5.74, 6) is 1.80. The maximum Gasteiger partial charge on any atom is 0.237 e. The molecule has 1 aliphatic carbocycles. The predicted molar refractivity (Wildman–Crippen MR) is 55.7 cm³/mol. The molecule has 0 radical (unpaired) electrons. The number of rotatable bonds is 2. The second-order valence-corrected chi connectivity index (χ2v) is 4.62. The number of carbonyl (C=O) groups excluding carboxylic acids is 1. The molecule has 3 atom stereocenters. The lowest BCUT2D eigenvalue weighted by Crippen LogP contribution is -2.39. The van der Waals surface area contributed by atoms with Crippen LogP contribution < -0.4 is 5.32 Å². The zero-order valence-corrected chi connectivity index (χ0v) is 9.12. The van der Waals surface area contributed by atoms with Gasteiger partial charge in [-0.15, -0.1) is 0 Å². The fourth-order valence-electron chi connectivity index (χ4n) is 3.02. The molecule has 1 N–H and O–H groups in total. The highest BCUT2D eigenvalue weighted by Crippen LogP contribution is 2.37. The van der Waals surface area contributed by atoms with Crippen LogP contribution in [0, 0.1) is 11.8 Å². The van der Waals surface area contributed by atoms with Gasteiger partial charge in [0.1, 0.15) is 0 Å². The van der Waals surface area contributed by atoms with Crippen LogP contribution in [0.3, 0.4) is 0 Å². The summed E-state index contributed by atoms with van der Waals surface area (Å²) in [4.78, 5) is 13.6. The molecule has 0 aromatic rings. The lowest BCUT2D eigenvalue weighted by Gasteiger charge is -2.28. The smallest absolute Gasteiger partial charge is 0.237 e. The van der Waals surface area contributed by atoms with Gasteiger partial charge in [-0.25, -0.2) is 0 Å². The summed E-state index contributed by atoms with van der Waals surface area (Å²) in [6, 6.07) is 0.502. The lowest BCUT2D eigenvalue weighted by atomic mass is 9.93.